The van der Waals surface area contributed by atoms with Gasteiger partial charge in [-0.2, -0.15) is 0 Å². The third-order valence-electron chi connectivity index (χ3n) is 4.05. The fourth-order valence-electron chi connectivity index (χ4n) is 2.63. The van der Waals surface area contributed by atoms with Gasteiger partial charge in [-0.05, 0) is 43.9 Å². The summed E-state index contributed by atoms with van der Waals surface area (Å²) in [5.41, 5.74) is 0. The highest BCUT2D eigenvalue weighted by Gasteiger charge is 2.23. The topological polar surface area (TPSA) is 63.6 Å². The summed E-state index contributed by atoms with van der Waals surface area (Å²) in [6.45, 7) is 4.38. The molecular weight excluding hydrogens is 244 g/mol. The van der Waals surface area contributed by atoms with Crippen LogP contribution in [0, 0.1) is 23.7 Å². The summed E-state index contributed by atoms with van der Waals surface area (Å²) < 4.78 is 5.34. The van der Waals surface area contributed by atoms with Crippen molar-refractivity contribution in [3.8, 4) is 0 Å². The second kappa shape index (κ2) is 8.31. The third-order valence-corrected chi connectivity index (χ3v) is 4.05. The molecule has 2 atom stereocenters. The number of aliphatic hydroxyl groups is 1. The Balaban J connectivity index is 2.21. The first kappa shape index (κ1) is 16.2. The molecule has 19 heavy (non-hydrogen) atoms. The molecule has 0 aromatic heterocycles. The molecule has 4 heteroatoms. The summed E-state index contributed by atoms with van der Waals surface area (Å²) in [6.07, 6.45) is 5.53. The van der Waals surface area contributed by atoms with Gasteiger partial charge in [0.15, 0.2) is 0 Å². The lowest BCUT2D eigenvalue weighted by atomic mass is 9.83. The molecule has 0 radical (unpaired) electrons. The van der Waals surface area contributed by atoms with Crippen molar-refractivity contribution >= 4 is 12.3 Å². The van der Waals surface area contributed by atoms with E-state index in [0.29, 0.717) is 24.9 Å². The third kappa shape index (κ3) is 5.72. The Bertz CT molecular complexity index is 282. The van der Waals surface area contributed by atoms with Gasteiger partial charge < -0.3 is 14.6 Å². The highest BCUT2D eigenvalue weighted by atomic mass is 16.5. The number of aldehydes is 1. The van der Waals surface area contributed by atoms with Crippen LogP contribution in [0.1, 0.15) is 46.0 Å². The quantitative estimate of drug-likeness (QED) is 0.569. The maximum absolute atomic E-state index is 11.8. The van der Waals surface area contributed by atoms with Crippen LogP contribution in [0.15, 0.2) is 0 Å². The van der Waals surface area contributed by atoms with Gasteiger partial charge in [-0.1, -0.05) is 13.8 Å². The highest BCUT2D eigenvalue weighted by Crippen LogP contribution is 2.28. The van der Waals surface area contributed by atoms with E-state index in [2.05, 4.69) is 0 Å². The molecular formula is C15H26O4. The van der Waals surface area contributed by atoms with Crippen molar-refractivity contribution in [1.82, 2.24) is 0 Å². The molecule has 2 unspecified atom stereocenters. The van der Waals surface area contributed by atoms with E-state index in [1.54, 1.807) is 0 Å². The number of hydrogen-bond donors (Lipinski definition) is 1. The Kier molecular flexibility index (Phi) is 7.06. The van der Waals surface area contributed by atoms with E-state index in [1.165, 1.54) is 0 Å². The molecule has 1 aliphatic carbocycles. The smallest absolute Gasteiger partial charge is 0.308 e. The first-order valence-corrected chi connectivity index (χ1v) is 7.29. The Hall–Kier alpha value is -0.900. The minimum atomic E-state index is -0.214. The Morgan fingerprint density at radius 3 is 2.37 bits per heavy atom. The Morgan fingerprint density at radius 2 is 1.84 bits per heavy atom. The number of carbonyl (C=O) groups is 2. The molecule has 0 aromatic carbocycles. The van der Waals surface area contributed by atoms with Crippen LogP contribution in [-0.4, -0.2) is 30.6 Å². The average molecular weight is 270 g/mol. The number of carbonyl (C=O) groups excluding carboxylic acids is 2. The van der Waals surface area contributed by atoms with Crippen LogP contribution in [0.4, 0.5) is 0 Å². The molecule has 0 aromatic rings. The molecule has 0 saturated heterocycles. The van der Waals surface area contributed by atoms with Gasteiger partial charge >= 0.3 is 5.97 Å². The zero-order chi connectivity index (χ0) is 14.3. The normalized spacial score (nSPS) is 26.5. The van der Waals surface area contributed by atoms with Crippen LogP contribution >= 0.6 is 0 Å². The van der Waals surface area contributed by atoms with E-state index in [4.69, 9.17) is 9.84 Å². The van der Waals surface area contributed by atoms with E-state index in [0.717, 1.165) is 32.0 Å². The summed E-state index contributed by atoms with van der Waals surface area (Å²) in [5.74, 6) is 0.358. The summed E-state index contributed by atoms with van der Waals surface area (Å²) in [5, 5.41) is 9.06. The summed E-state index contributed by atoms with van der Waals surface area (Å²) >= 11 is 0. The summed E-state index contributed by atoms with van der Waals surface area (Å²) in [6, 6.07) is 0. The van der Waals surface area contributed by atoms with Crippen molar-refractivity contribution in [1.29, 1.82) is 0 Å². The van der Waals surface area contributed by atoms with Gasteiger partial charge in [0, 0.05) is 12.5 Å². The Labute approximate surface area is 115 Å². The standard InChI is InChI=1S/C15H26O4/c1-11(8-16)7-12(2)15(18)19-10-14-5-3-13(9-17)4-6-14/h8,11-14,17H,3-7,9-10H2,1-2H3. The number of esters is 1. The SMILES string of the molecule is CC(C=O)CC(C)C(=O)OCC1CCC(CO)CC1. The summed E-state index contributed by atoms with van der Waals surface area (Å²) in [4.78, 5) is 22.3. The molecule has 1 aliphatic rings. The first-order chi connectivity index (χ1) is 9.06. The number of ether oxygens (including phenoxy) is 1. The monoisotopic (exact) mass is 270 g/mol. The maximum Gasteiger partial charge on any atom is 0.308 e. The van der Waals surface area contributed by atoms with Gasteiger partial charge in [0.1, 0.15) is 6.29 Å². The lowest BCUT2D eigenvalue weighted by Crippen LogP contribution is -2.24. The van der Waals surface area contributed by atoms with Crippen LogP contribution in [0.5, 0.6) is 0 Å². The van der Waals surface area contributed by atoms with E-state index >= 15 is 0 Å². The second-order valence-electron chi connectivity index (χ2n) is 5.95. The predicted octanol–water partition coefficient (Wildman–Crippen LogP) is 2.19. The van der Waals surface area contributed by atoms with Crippen LogP contribution in [0.2, 0.25) is 0 Å². The lowest BCUT2D eigenvalue weighted by molar-refractivity contribution is -0.150. The van der Waals surface area contributed by atoms with Crippen molar-refractivity contribution in [3.05, 3.63) is 0 Å². The van der Waals surface area contributed by atoms with E-state index in [-0.39, 0.29) is 24.4 Å². The number of hydrogen-bond acceptors (Lipinski definition) is 4. The van der Waals surface area contributed by atoms with Crippen molar-refractivity contribution in [2.75, 3.05) is 13.2 Å². The van der Waals surface area contributed by atoms with Crippen molar-refractivity contribution in [3.63, 3.8) is 0 Å². The van der Waals surface area contributed by atoms with Gasteiger partial charge in [-0.25, -0.2) is 0 Å². The van der Waals surface area contributed by atoms with E-state index < -0.39 is 0 Å². The van der Waals surface area contributed by atoms with Gasteiger partial charge in [-0.3, -0.25) is 4.79 Å². The minimum Gasteiger partial charge on any atom is -0.465 e. The zero-order valence-electron chi connectivity index (χ0n) is 12.0. The molecule has 0 heterocycles. The zero-order valence-corrected chi connectivity index (χ0v) is 12.0. The van der Waals surface area contributed by atoms with Crippen LogP contribution in [0.3, 0.4) is 0 Å². The molecule has 1 N–H and O–H groups in total. The molecule has 1 saturated carbocycles. The molecule has 0 bridgehead atoms. The second-order valence-corrected chi connectivity index (χ2v) is 5.95. The molecule has 1 rings (SSSR count). The highest BCUT2D eigenvalue weighted by molar-refractivity contribution is 5.72. The van der Waals surface area contributed by atoms with Crippen LogP contribution < -0.4 is 0 Å². The summed E-state index contributed by atoms with van der Waals surface area (Å²) in [7, 11) is 0. The fourth-order valence-corrected chi connectivity index (χ4v) is 2.63. The van der Waals surface area contributed by atoms with Crippen molar-refractivity contribution < 1.29 is 19.4 Å². The largest absolute Gasteiger partial charge is 0.465 e. The Morgan fingerprint density at radius 1 is 1.26 bits per heavy atom. The fraction of sp³-hybridized carbons (Fsp3) is 0.867. The number of aliphatic hydroxyl groups excluding tert-OH is 1. The van der Waals surface area contributed by atoms with Crippen LogP contribution in [0.25, 0.3) is 0 Å². The van der Waals surface area contributed by atoms with E-state index in [1.807, 2.05) is 13.8 Å². The molecule has 0 spiro atoms. The number of rotatable bonds is 7. The molecule has 0 aliphatic heterocycles. The predicted molar refractivity (Wildman–Crippen MR) is 72.5 cm³/mol. The van der Waals surface area contributed by atoms with E-state index in [9.17, 15) is 9.59 Å². The first-order valence-electron chi connectivity index (χ1n) is 7.29. The van der Waals surface area contributed by atoms with Gasteiger partial charge in [-0.15, -0.1) is 0 Å². The molecule has 0 amide bonds. The molecule has 4 nitrogen and oxygen atoms in total. The molecule has 1 fully saturated rings. The van der Waals surface area contributed by atoms with Gasteiger partial charge in [0.2, 0.25) is 0 Å². The van der Waals surface area contributed by atoms with Gasteiger partial charge in [0.25, 0.3) is 0 Å². The maximum atomic E-state index is 11.8. The minimum absolute atomic E-state index is 0.0949. The van der Waals surface area contributed by atoms with Crippen molar-refractivity contribution in [2.45, 2.75) is 46.0 Å². The van der Waals surface area contributed by atoms with Crippen LogP contribution in [-0.2, 0) is 14.3 Å². The lowest BCUT2D eigenvalue weighted by Gasteiger charge is -2.27. The average Bonchev–Trinajstić information content (AvgIpc) is 2.44. The molecule has 110 valence electrons. The van der Waals surface area contributed by atoms with Gasteiger partial charge in [0.05, 0.1) is 12.5 Å². The van der Waals surface area contributed by atoms with Crippen molar-refractivity contribution in [2.24, 2.45) is 23.7 Å².